The summed E-state index contributed by atoms with van der Waals surface area (Å²) in [6.07, 6.45) is 0.719. The fourth-order valence-corrected chi connectivity index (χ4v) is 2.26. The fraction of sp³-hybridized carbons (Fsp3) is 0.462. The molecule has 0 aliphatic carbocycles. The summed E-state index contributed by atoms with van der Waals surface area (Å²) in [4.78, 5) is 11.3. The van der Waals surface area contributed by atoms with Crippen LogP contribution in [0.25, 0.3) is 0 Å². The fourth-order valence-electron chi connectivity index (χ4n) is 2.26. The summed E-state index contributed by atoms with van der Waals surface area (Å²) in [7, 11) is 1.58. The quantitative estimate of drug-likeness (QED) is 0.827. The third-order valence-corrected chi connectivity index (χ3v) is 3.05. The summed E-state index contributed by atoms with van der Waals surface area (Å²) < 4.78 is 10.7. The highest BCUT2D eigenvalue weighted by molar-refractivity contribution is 5.77. The standard InChI is InChI=1S/C13H17NO4/c1-3-14-11(13(15)16)8-4-5-10(17-2)12-9(8)6-7-18-12/h4-5,11,14H,3,6-7H2,1-2H3,(H,15,16). The Morgan fingerprint density at radius 1 is 1.61 bits per heavy atom. The summed E-state index contributed by atoms with van der Waals surface area (Å²) >= 11 is 0. The van der Waals surface area contributed by atoms with Gasteiger partial charge in [0.1, 0.15) is 6.04 Å². The lowest BCUT2D eigenvalue weighted by atomic mass is 9.98. The van der Waals surface area contributed by atoms with Crippen molar-refractivity contribution in [2.45, 2.75) is 19.4 Å². The van der Waals surface area contributed by atoms with Crippen LogP contribution in [0, 0.1) is 0 Å². The molecule has 0 bridgehead atoms. The average molecular weight is 251 g/mol. The Bertz CT molecular complexity index is 459. The van der Waals surface area contributed by atoms with Crippen LogP contribution in [-0.4, -0.2) is 31.3 Å². The Labute approximate surface area is 106 Å². The number of benzene rings is 1. The molecule has 2 rings (SSSR count). The van der Waals surface area contributed by atoms with Crippen molar-refractivity contribution in [1.29, 1.82) is 0 Å². The largest absolute Gasteiger partial charge is 0.493 e. The normalized spacial score (nSPS) is 14.8. The summed E-state index contributed by atoms with van der Waals surface area (Å²) in [5.41, 5.74) is 1.69. The molecule has 98 valence electrons. The molecule has 0 fully saturated rings. The lowest BCUT2D eigenvalue weighted by Gasteiger charge is -2.17. The second-order valence-corrected chi connectivity index (χ2v) is 4.09. The first kappa shape index (κ1) is 12.7. The van der Waals surface area contributed by atoms with Gasteiger partial charge >= 0.3 is 5.97 Å². The molecular weight excluding hydrogens is 234 g/mol. The number of carboxylic acids is 1. The van der Waals surface area contributed by atoms with Crippen molar-refractivity contribution in [3.63, 3.8) is 0 Å². The molecule has 18 heavy (non-hydrogen) atoms. The van der Waals surface area contributed by atoms with E-state index in [0.717, 1.165) is 17.5 Å². The van der Waals surface area contributed by atoms with E-state index in [1.54, 1.807) is 19.2 Å². The van der Waals surface area contributed by atoms with Crippen molar-refractivity contribution in [2.24, 2.45) is 0 Å². The summed E-state index contributed by atoms with van der Waals surface area (Å²) in [5.74, 6) is 0.460. The van der Waals surface area contributed by atoms with E-state index in [2.05, 4.69) is 5.32 Å². The number of aliphatic carboxylic acids is 1. The lowest BCUT2D eigenvalue weighted by molar-refractivity contribution is -0.139. The molecule has 1 aliphatic heterocycles. The van der Waals surface area contributed by atoms with E-state index < -0.39 is 12.0 Å². The highest BCUT2D eigenvalue weighted by atomic mass is 16.5. The van der Waals surface area contributed by atoms with Crippen molar-refractivity contribution >= 4 is 5.97 Å². The van der Waals surface area contributed by atoms with Crippen LogP contribution < -0.4 is 14.8 Å². The third-order valence-electron chi connectivity index (χ3n) is 3.05. The Morgan fingerprint density at radius 3 is 3.00 bits per heavy atom. The predicted octanol–water partition coefficient (Wildman–Crippen LogP) is 1.37. The van der Waals surface area contributed by atoms with Crippen molar-refractivity contribution < 1.29 is 19.4 Å². The highest BCUT2D eigenvalue weighted by Gasteiger charge is 2.28. The average Bonchev–Trinajstić information content (AvgIpc) is 2.84. The second-order valence-electron chi connectivity index (χ2n) is 4.09. The zero-order valence-corrected chi connectivity index (χ0v) is 10.5. The van der Waals surface area contributed by atoms with E-state index in [0.29, 0.717) is 24.7 Å². The van der Waals surface area contributed by atoms with Gasteiger partial charge in [-0.2, -0.15) is 0 Å². The van der Waals surface area contributed by atoms with Gasteiger partial charge < -0.3 is 19.9 Å². The monoisotopic (exact) mass is 251 g/mol. The number of likely N-dealkylation sites (N-methyl/N-ethyl adjacent to an activating group) is 1. The van der Waals surface area contributed by atoms with Crippen LogP contribution in [-0.2, 0) is 11.2 Å². The van der Waals surface area contributed by atoms with Gasteiger partial charge in [0.15, 0.2) is 11.5 Å². The molecule has 5 heteroatoms. The molecule has 1 atom stereocenters. The lowest BCUT2D eigenvalue weighted by Crippen LogP contribution is -2.29. The first-order valence-corrected chi connectivity index (χ1v) is 5.97. The zero-order chi connectivity index (χ0) is 13.1. The van der Waals surface area contributed by atoms with Crippen LogP contribution in [0.4, 0.5) is 0 Å². The number of rotatable bonds is 5. The van der Waals surface area contributed by atoms with E-state index in [9.17, 15) is 9.90 Å². The van der Waals surface area contributed by atoms with Gasteiger partial charge in [0.25, 0.3) is 0 Å². The molecule has 1 aromatic rings. The minimum Gasteiger partial charge on any atom is -0.493 e. The van der Waals surface area contributed by atoms with Gasteiger partial charge in [-0.05, 0) is 18.2 Å². The molecule has 0 saturated heterocycles. The van der Waals surface area contributed by atoms with Gasteiger partial charge in [-0.25, -0.2) is 0 Å². The van der Waals surface area contributed by atoms with Gasteiger partial charge in [-0.15, -0.1) is 0 Å². The predicted molar refractivity (Wildman–Crippen MR) is 66.2 cm³/mol. The molecule has 0 saturated carbocycles. The maximum Gasteiger partial charge on any atom is 0.325 e. The van der Waals surface area contributed by atoms with Gasteiger partial charge in [0.05, 0.1) is 13.7 Å². The minimum absolute atomic E-state index is 0.571. The Balaban J connectivity index is 2.45. The summed E-state index contributed by atoms with van der Waals surface area (Å²) in [5, 5.41) is 12.3. The number of fused-ring (bicyclic) bond motifs is 1. The SMILES string of the molecule is CCNC(C(=O)O)c1ccc(OC)c2c1CCO2. The van der Waals surface area contributed by atoms with Crippen LogP contribution in [0.3, 0.4) is 0 Å². The third kappa shape index (κ3) is 2.13. The molecule has 1 aliphatic rings. The number of hydrogen-bond donors (Lipinski definition) is 2. The maximum absolute atomic E-state index is 11.3. The first-order chi connectivity index (χ1) is 8.69. The first-order valence-electron chi connectivity index (χ1n) is 5.97. The molecule has 1 heterocycles. The van der Waals surface area contributed by atoms with Gasteiger partial charge in [-0.3, -0.25) is 4.79 Å². The van der Waals surface area contributed by atoms with Crippen LogP contribution in [0.2, 0.25) is 0 Å². The van der Waals surface area contributed by atoms with Crippen molar-refractivity contribution in [3.8, 4) is 11.5 Å². The van der Waals surface area contributed by atoms with E-state index in [-0.39, 0.29) is 0 Å². The maximum atomic E-state index is 11.3. The number of carboxylic acid groups (broad SMARTS) is 1. The Hall–Kier alpha value is -1.75. The van der Waals surface area contributed by atoms with Crippen LogP contribution in [0.1, 0.15) is 24.1 Å². The molecule has 0 aromatic heterocycles. The van der Waals surface area contributed by atoms with Crippen LogP contribution in [0.15, 0.2) is 12.1 Å². The van der Waals surface area contributed by atoms with Crippen LogP contribution in [0.5, 0.6) is 11.5 Å². The highest BCUT2D eigenvalue weighted by Crippen LogP contribution is 2.39. The zero-order valence-electron chi connectivity index (χ0n) is 10.5. The minimum atomic E-state index is -0.879. The summed E-state index contributed by atoms with van der Waals surface area (Å²) in [6.45, 7) is 3.05. The number of nitrogens with one attached hydrogen (secondary N) is 1. The Morgan fingerprint density at radius 2 is 2.39 bits per heavy atom. The van der Waals surface area contributed by atoms with Crippen molar-refractivity contribution in [1.82, 2.24) is 5.32 Å². The van der Waals surface area contributed by atoms with Gasteiger partial charge in [-0.1, -0.05) is 13.0 Å². The molecule has 5 nitrogen and oxygen atoms in total. The van der Waals surface area contributed by atoms with E-state index >= 15 is 0 Å². The van der Waals surface area contributed by atoms with E-state index in [1.807, 2.05) is 6.92 Å². The van der Waals surface area contributed by atoms with E-state index in [1.165, 1.54) is 0 Å². The molecule has 0 radical (unpaired) electrons. The van der Waals surface area contributed by atoms with Crippen molar-refractivity contribution in [2.75, 3.05) is 20.3 Å². The Kier molecular flexibility index (Phi) is 3.72. The number of hydrogen-bond acceptors (Lipinski definition) is 4. The second kappa shape index (κ2) is 5.27. The number of ether oxygens (including phenoxy) is 2. The topological polar surface area (TPSA) is 67.8 Å². The molecular formula is C13H17NO4. The van der Waals surface area contributed by atoms with Gasteiger partial charge in [0.2, 0.25) is 0 Å². The molecule has 0 spiro atoms. The number of methoxy groups -OCH3 is 1. The molecule has 0 amide bonds. The molecule has 1 unspecified atom stereocenters. The smallest absolute Gasteiger partial charge is 0.325 e. The summed E-state index contributed by atoms with van der Waals surface area (Å²) in [6, 6.07) is 2.86. The molecule has 1 aromatic carbocycles. The van der Waals surface area contributed by atoms with Crippen molar-refractivity contribution in [3.05, 3.63) is 23.3 Å². The van der Waals surface area contributed by atoms with Gasteiger partial charge in [0, 0.05) is 12.0 Å². The van der Waals surface area contributed by atoms with Crippen LogP contribution >= 0.6 is 0 Å². The number of carbonyl (C=O) groups is 1. The molecule has 2 N–H and O–H groups in total. The van der Waals surface area contributed by atoms with E-state index in [4.69, 9.17) is 9.47 Å².